The van der Waals surface area contributed by atoms with Gasteiger partial charge in [0.05, 0.1) is 22.0 Å². The van der Waals surface area contributed by atoms with Crippen LogP contribution in [0, 0.1) is 0 Å². The van der Waals surface area contributed by atoms with Crippen LogP contribution in [-0.4, -0.2) is 39.0 Å². The number of aryl methyl sites for hydroxylation is 1. The Kier molecular flexibility index (Phi) is 4.89. The lowest BCUT2D eigenvalue weighted by atomic mass is 10.0. The highest BCUT2D eigenvalue weighted by atomic mass is 32.2. The summed E-state index contributed by atoms with van der Waals surface area (Å²) >= 11 is 3.18. The minimum absolute atomic E-state index is 0.445. The fourth-order valence-corrected chi connectivity index (χ4v) is 5.51. The molecule has 0 saturated heterocycles. The van der Waals surface area contributed by atoms with Crippen molar-refractivity contribution in [2.24, 2.45) is 0 Å². The number of nitrogens with zero attached hydrogens (tertiary/aromatic N) is 3. The van der Waals surface area contributed by atoms with E-state index in [2.05, 4.69) is 34.6 Å². The number of thioether (sulfide) groups is 1. The van der Waals surface area contributed by atoms with E-state index in [4.69, 9.17) is 9.97 Å². The van der Waals surface area contributed by atoms with Crippen LogP contribution >= 0.6 is 23.1 Å². The molecule has 5 rings (SSSR count). The van der Waals surface area contributed by atoms with E-state index in [0.29, 0.717) is 6.54 Å². The second-order valence-electron chi connectivity index (χ2n) is 7.39. The first-order valence-corrected chi connectivity index (χ1v) is 11.9. The number of benzene rings is 1. The van der Waals surface area contributed by atoms with Gasteiger partial charge in [0.15, 0.2) is 5.16 Å². The molecule has 0 aliphatic heterocycles. The molecule has 0 amide bonds. The number of rotatable bonds is 5. The lowest BCUT2D eigenvalue weighted by molar-refractivity contribution is 0.208. The molecule has 3 aromatic heterocycles. The number of aliphatic hydroxyl groups is 1. The van der Waals surface area contributed by atoms with Crippen LogP contribution in [0.1, 0.15) is 24.5 Å². The second-order valence-corrected chi connectivity index (χ2v) is 9.16. The second kappa shape index (κ2) is 7.55. The molecule has 1 aliphatic rings. The molecule has 5 nitrogen and oxygen atoms in total. The zero-order valence-electron chi connectivity index (χ0n) is 16.4. The summed E-state index contributed by atoms with van der Waals surface area (Å²) in [5.74, 6) is 0.788. The van der Waals surface area contributed by atoms with Crippen LogP contribution in [0.25, 0.3) is 31.7 Å². The molecule has 7 heteroatoms. The van der Waals surface area contributed by atoms with Crippen molar-refractivity contribution in [3.8, 4) is 11.3 Å². The maximum Gasteiger partial charge on any atom is 0.189 e. The van der Waals surface area contributed by atoms with Gasteiger partial charge in [-0.3, -0.25) is 0 Å². The van der Waals surface area contributed by atoms with Crippen molar-refractivity contribution < 1.29 is 5.11 Å². The molecule has 0 bridgehead atoms. The summed E-state index contributed by atoms with van der Waals surface area (Å²) in [6.45, 7) is 2.22. The number of hydrogen-bond acceptors (Lipinski definition) is 7. The molecule has 0 fully saturated rings. The molecule has 4 aromatic rings. The quantitative estimate of drug-likeness (QED) is 0.352. The van der Waals surface area contributed by atoms with Crippen molar-refractivity contribution in [3.05, 3.63) is 41.5 Å². The van der Waals surface area contributed by atoms with Crippen molar-refractivity contribution in [2.75, 3.05) is 18.1 Å². The van der Waals surface area contributed by atoms with E-state index in [9.17, 15) is 5.11 Å². The predicted molar refractivity (Wildman–Crippen MR) is 122 cm³/mol. The molecule has 1 atom stereocenters. The van der Waals surface area contributed by atoms with E-state index in [1.165, 1.54) is 33.8 Å². The average molecular weight is 423 g/mol. The summed E-state index contributed by atoms with van der Waals surface area (Å²) < 4.78 is 1.02. The Hall–Kier alpha value is -2.22. The summed E-state index contributed by atoms with van der Waals surface area (Å²) in [6.07, 6.45) is 4.83. The summed E-state index contributed by atoms with van der Waals surface area (Å²) in [5, 5.41) is 15.0. The molecule has 0 saturated carbocycles. The van der Waals surface area contributed by atoms with Crippen molar-refractivity contribution >= 4 is 49.3 Å². The standard InChI is InChI=1S/C22H22N4OS2/c1-12(27)11-23-20-19-18(25-22(26-20)28-2)16-14-9-6-10-15(14)17(24-21(16)29-19)13-7-4-3-5-8-13/h3-5,7-8,12,27H,6,9-11H2,1-2H3,(H,23,25,26)/t12-/m1/s1. The zero-order valence-corrected chi connectivity index (χ0v) is 18.0. The fourth-order valence-electron chi connectivity index (χ4n) is 4.04. The van der Waals surface area contributed by atoms with Gasteiger partial charge in [0.2, 0.25) is 0 Å². The van der Waals surface area contributed by atoms with Crippen LogP contribution in [0.3, 0.4) is 0 Å². The number of aromatic nitrogens is 3. The Balaban J connectivity index is 1.79. The van der Waals surface area contributed by atoms with E-state index in [0.717, 1.165) is 51.0 Å². The molecule has 148 valence electrons. The van der Waals surface area contributed by atoms with Gasteiger partial charge in [-0.15, -0.1) is 11.3 Å². The summed E-state index contributed by atoms with van der Waals surface area (Å²) in [5.41, 5.74) is 6.03. The topological polar surface area (TPSA) is 70.9 Å². The van der Waals surface area contributed by atoms with Crippen LogP contribution in [0.2, 0.25) is 0 Å². The Morgan fingerprint density at radius 3 is 2.69 bits per heavy atom. The molecule has 0 radical (unpaired) electrons. The predicted octanol–water partition coefficient (Wildman–Crippen LogP) is 4.91. The van der Waals surface area contributed by atoms with Crippen molar-refractivity contribution in [3.63, 3.8) is 0 Å². The maximum absolute atomic E-state index is 9.72. The first kappa shape index (κ1) is 18.8. The number of pyridine rings is 1. The lowest BCUT2D eigenvalue weighted by Crippen LogP contribution is -2.16. The smallest absolute Gasteiger partial charge is 0.189 e. The van der Waals surface area contributed by atoms with E-state index in [-0.39, 0.29) is 0 Å². The molecular weight excluding hydrogens is 400 g/mol. The highest BCUT2D eigenvalue weighted by molar-refractivity contribution is 7.98. The normalized spacial score (nSPS) is 14.4. The summed E-state index contributed by atoms with van der Waals surface area (Å²) in [6, 6.07) is 10.5. The Bertz CT molecular complexity index is 1200. The Morgan fingerprint density at radius 2 is 1.93 bits per heavy atom. The SMILES string of the molecule is CSc1nc(NC[C@@H](C)O)c2sc3nc(-c4ccccc4)c4c(c3c2n1)CCC4. The Morgan fingerprint density at radius 1 is 1.14 bits per heavy atom. The third kappa shape index (κ3) is 3.27. The number of aliphatic hydroxyl groups excluding tert-OH is 1. The fraction of sp³-hybridized carbons (Fsp3) is 0.318. The van der Waals surface area contributed by atoms with E-state index < -0.39 is 6.10 Å². The largest absolute Gasteiger partial charge is 0.392 e. The number of anilines is 1. The molecule has 29 heavy (non-hydrogen) atoms. The van der Waals surface area contributed by atoms with Gasteiger partial charge in [-0.1, -0.05) is 42.1 Å². The number of hydrogen-bond donors (Lipinski definition) is 2. The van der Waals surface area contributed by atoms with E-state index in [1.807, 2.05) is 12.3 Å². The van der Waals surface area contributed by atoms with E-state index in [1.54, 1.807) is 18.3 Å². The minimum Gasteiger partial charge on any atom is -0.392 e. The van der Waals surface area contributed by atoms with Gasteiger partial charge < -0.3 is 10.4 Å². The van der Waals surface area contributed by atoms with Gasteiger partial charge in [0.25, 0.3) is 0 Å². The molecule has 1 aliphatic carbocycles. The average Bonchev–Trinajstić information content (AvgIpc) is 3.36. The molecule has 0 unspecified atom stereocenters. The molecular formula is C22H22N4OS2. The third-order valence-electron chi connectivity index (χ3n) is 5.31. The molecule has 1 aromatic carbocycles. The van der Waals surface area contributed by atoms with Gasteiger partial charge >= 0.3 is 0 Å². The number of nitrogens with one attached hydrogen (secondary N) is 1. The van der Waals surface area contributed by atoms with Gasteiger partial charge in [0, 0.05) is 17.5 Å². The summed E-state index contributed by atoms with van der Waals surface area (Å²) in [7, 11) is 0. The third-order valence-corrected chi connectivity index (χ3v) is 6.94. The zero-order chi connectivity index (χ0) is 20.0. The lowest BCUT2D eigenvalue weighted by Gasteiger charge is -2.10. The highest BCUT2D eigenvalue weighted by Crippen LogP contribution is 2.43. The van der Waals surface area contributed by atoms with Crippen LogP contribution in [0.15, 0.2) is 35.5 Å². The van der Waals surface area contributed by atoms with Crippen LogP contribution in [0.4, 0.5) is 5.82 Å². The number of fused-ring (bicyclic) bond motifs is 5. The maximum atomic E-state index is 9.72. The summed E-state index contributed by atoms with van der Waals surface area (Å²) in [4.78, 5) is 15.7. The van der Waals surface area contributed by atoms with Crippen molar-refractivity contribution in [1.82, 2.24) is 15.0 Å². The van der Waals surface area contributed by atoms with Crippen LogP contribution in [0.5, 0.6) is 0 Å². The highest BCUT2D eigenvalue weighted by Gasteiger charge is 2.25. The van der Waals surface area contributed by atoms with Crippen molar-refractivity contribution in [2.45, 2.75) is 37.4 Å². The molecule has 0 spiro atoms. The van der Waals surface area contributed by atoms with E-state index >= 15 is 0 Å². The Labute approximate surface area is 177 Å². The van der Waals surface area contributed by atoms with Crippen molar-refractivity contribution in [1.29, 1.82) is 0 Å². The van der Waals surface area contributed by atoms with Crippen LogP contribution in [-0.2, 0) is 12.8 Å². The van der Waals surface area contributed by atoms with Gasteiger partial charge in [-0.2, -0.15) is 0 Å². The first-order valence-electron chi connectivity index (χ1n) is 9.83. The number of thiophene rings is 1. The van der Waals surface area contributed by atoms with Gasteiger partial charge in [-0.25, -0.2) is 15.0 Å². The first-order chi connectivity index (χ1) is 14.2. The monoisotopic (exact) mass is 422 g/mol. The van der Waals surface area contributed by atoms with Gasteiger partial charge in [-0.05, 0) is 43.6 Å². The van der Waals surface area contributed by atoms with Crippen LogP contribution < -0.4 is 5.32 Å². The van der Waals surface area contributed by atoms with Gasteiger partial charge in [0.1, 0.15) is 10.6 Å². The minimum atomic E-state index is -0.445. The molecule has 3 heterocycles. The molecule has 2 N–H and O–H groups in total.